The highest BCUT2D eigenvalue weighted by Gasteiger charge is 2.42. The molecule has 4 rings (SSSR count). The Morgan fingerprint density at radius 1 is 1.20 bits per heavy atom. The Morgan fingerprint density at radius 3 is 2.53 bits per heavy atom. The van der Waals surface area contributed by atoms with Gasteiger partial charge in [-0.1, -0.05) is 31.1 Å². The van der Waals surface area contributed by atoms with Gasteiger partial charge in [0.25, 0.3) is 0 Å². The molecule has 1 saturated carbocycles. The van der Waals surface area contributed by atoms with E-state index in [1.807, 2.05) is 4.57 Å². The molecule has 2 aliphatic rings. The van der Waals surface area contributed by atoms with Crippen molar-refractivity contribution in [3.63, 3.8) is 0 Å². The van der Waals surface area contributed by atoms with Crippen molar-refractivity contribution in [2.75, 3.05) is 6.54 Å². The van der Waals surface area contributed by atoms with Crippen LogP contribution >= 0.6 is 0 Å². The van der Waals surface area contributed by atoms with E-state index >= 15 is 4.39 Å². The molecular weight excluding hydrogens is 394 g/mol. The number of rotatable bonds is 3. The number of hydrogen-bond acceptors (Lipinski definition) is 2. The lowest BCUT2D eigenvalue weighted by Gasteiger charge is -2.36. The number of aryl methyl sites for hydroxylation is 1. The maximum Gasteiger partial charge on any atom is 0.408 e. The van der Waals surface area contributed by atoms with Crippen LogP contribution in [0.3, 0.4) is 0 Å². The monoisotopic (exact) mass is 417 g/mol. The summed E-state index contributed by atoms with van der Waals surface area (Å²) in [4.78, 5) is 1.26. The van der Waals surface area contributed by atoms with E-state index in [2.05, 4.69) is 6.07 Å². The SMILES string of the molecule is Cc1ccc2c(c1F)c(C#N)c(C1=CC=CCN1[C@@H](C)C(F)(F)F)n2C1CCCC1. The van der Waals surface area contributed by atoms with Gasteiger partial charge in [-0.2, -0.15) is 18.4 Å². The number of aromatic nitrogens is 1. The molecule has 0 radical (unpaired) electrons. The summed E-state index contributed by atoms with van der Waals surface area (Å²) in [6.07, 6.45) is 4.26. The minimum Gasteiger partial charge on any atom is -0.354 e. The number of allylic oxidation sites excluding steroid dienone is 2. The molecule has 1 atom stereocenters. The summed E-state index contributed by atoms with van der Waals surface area (Å²) in [5, 5.41) is 10.2. The van der Waals surface area contributed by atoms with Crippen LogP contribution in [0.4, 0.5) is 17.6 Å². The normalized spacial score (nSPS) is 18.7. The van der Waals surface area contributed by atoms with E-state index in [9.17, 15) is 18.4 Å². The molecule has 1 aliphatic carbocycles. The summed E-state index contributed by atoms with van der Waals surface area (Å²) in [5.74, 6) is -0.482. The molecule has 0 spiro atoms. The zero-order chi connectivity index (χ0) is 21.6. The molecule has 2 heterocycles. The van der Waals surface area contributed by atoms with Crippen LogP contribution in [0.1, 0.15) is 55.5 Å². The van der Waals surface area contributed by atoms with E-state index in [0.29, 0.717) is 22.5 Å². The zero-order valence-corrected chi connectivity index (χ0v) is 16.9. The third-order valence-corrected chi connectivity index (χ3v) is 6.29. The minimum absolute atomic E-state index is 0.0292. The van der Waals surface area contributed by atoms with E-state index in [0.717, 1.165) is 32.6 Å². The van der Waals surface area contributed by atoms with Crippen molar-refractivity contribution in [3.05, 3.63) is 53.0 Å². The van der Waals surface area contributed by atoms with Crippen molar-refractivity contribution >= 4 is 16.6 Å². The fourth-order valence-electron chi connectivity index (χ4n) is 4.66. The van der Waals surface area contributed by atoms with Crippen molar-refractivity contribution < 1.29 is 17.6 Å². The second-order valence-corrected chi connectivity index (χ2v) is 8.08. The number of nitriles is 1. The molecule has 0 unspecified atom stereocenters. The average Bonchev–Trinajstić information content (AvgIpc) is 3.35. The Bertz CT molecular complexity index is 1080. The first-order valence-electron chi connectivity index (χ1n) is 10.2. The molecule has 1 aromatic heterocycles. The number of halogens is 4. The molecule has 158 valence electrons. The Morgan fingerprint density at radius 2 is 1.90 bits per heavy atom. The van der Waals surface area contributed by atoms with Crippen molar-refractivity contribution in [3.8, 4) is 6.07 Å². The molecule has 0 saturated heterocycles. The number of hydrogen-bond donors (Lipinski definition) is 0. The number of benzene rings is 1. The smallest absolute Gasteiger partial charge is 0.354 e. The Hall–Kier alpha value is -2.75. The van der Waals surface area contributed by atoms with Gasteiger partial charge in [0.2, 0.25) is 0 Å². The Balaban J connectivity index is 2.03. The molecule has 1 aromatic carbocycles. The van der Waals surface area contributed by atoms with Crippen LogP contribution in [0.2, 0.25) is 0 Å². The first kappa shape index (κ1) is 20.5. The van der Waals surface area contributed by atoms with Gasteiger partial charge in [-0.05, 0) is 44.4 Å². The third-order valence-electron chi connectivity index (χ3n) is 6.29. The van der Waals surface area contributed by atoms with Crippen LogP contribution < -0.4 is 0 Å². The summed E-state index contributed by atoms with van der Waals surface area (Å²) in [6, 6.07) is 3.86. The van der Waals surface area contributed by atoms with Crippen LogP contribution in [0, 0.1) is 24.1 Å². The number of alkyl halides is 3. The standard InChI is InChI=1S/C23H23F4N3/c1-14-10-11-18-20(21(14)24)17(13-28)22(30(18)16-7-3-4-8-16)19-9-5-6-12-29(19)15(2)23(25,26)27/h5-6,9-11,15-16H,3-4,7-8,12H2,1-2H3/t15-/m0/s1. The van der Waals surface area contributed by atoms with Crippen LogP contribution in [0.15, 0.2) is 30.4 Å². The molecule has 7 heteroatoms. The fraction of sp³-hybridized carbons (Fsp3) is 0.435. The van der Waals surface area contributed by atoms with Crippen molar-refractivity contribution in [1.82, 2.24) is 9.47 Å². The molecule has 30 heavy (non-hydrogen) atoms. The first-order chi connectivity index (χ1) is 14.3. The highest BCUT2D eigenvalue weighted by atomic mass is 19.4. The van der Waals surface area contributed by atoms with Crippen LogP contribution in [-0.2, 0) is 0 Å². The van der Waals surface area contributed by atoms with Crippen molar-refractivity contribution in [2.24, 2.45) is 0 Å². The summed E-state index contributed by atoms with van der Waals surface area (Å²) in [6.45, 7) is 2.82. The van der Waals surface area contributed by atoms with Crippen molar-refractivity contribution in [1.29, 1.82) is 5.26 Å². The largest absolute Gasteiger partial charge is 0.408 e. The molecule has 2 aromatic rings. The summed E-state index contributed by atoms with van der Waals surface area (Å²) in [7, 11) is 0. The van der Waals surface area contributed by atoms with E-state index in [-0.39, 0.29) is 23.5 Å². The maximum atomic E-state index is 15.1. The van der Waals surface area contributed by atoms with Gasteiger partial charge in [0.15, 0.2) is 0 Å². The molecule has 1 aliphatic heterocycles. The lowest BCUT2D eigenvalue weighted by Crippen LogP contribution is -2.43. The van der Waals surface area contributed by atoms with Gasteiger partial charge >= 0.3 is 6.18 Å². The molecule has 1 fully saturated rings. The van der Waals surface area contributed by atoms with Gasteiger partial charge < -0.3 is 9.47 Å². The zero-order valence-electron chi connectivity index (χ0n) is 16.9. The summed E-state index contributed by atoms with van der Waals surface area (Å²) in [5.41, 5.74) is 1.81. The van der Waals surface area contributed by atoms with Crippen LogP contribution in [-0.4, -0.2) is 28.2 Å². The predicted octanol–water partition coefficient (Wildman–Crippen LogP) is 6.24. The predicted molar refractivity (Wildman–Crippen MR) is 108 cm³/mol. The van der Waals surface area contributed by atoms with Gasteiger partial charge in [0.05, 0.1) is 27.9 Å². The highest BCUT2D eigenvalue weighted by Crippen LogP contribution is 2.43. The molecule has 3 nitrogen and oxygen atoms in total. The van der Waals surface area contributed by atoms with Crippen LogP contribution in [0.5, 0.6) is 0 Å². The topological polar surface area (TPSA) is 32.0 Å². The summed E-state index contributed by atoms with van der Waals surface area (Å²) < 4.78 is 57.9. The lowest BCUT2D eigenvalue weighted by molar-refractivity contribution is -0.169. The van der Waals surface area contributed by atoms with Crippen LogP contribution in [0.25, 0.3) is 16.6 Å². The van der Waals surface area contributed by atoms with Gasteiger partial charge in [0, 0.05) is 12.6 Å². The van der Waals surface area contributed by atoms with Gasteiger partial charge in [-0.25, -0.2) is 4.39 Å². The van der Waals surface area contributed by atoms with Gasteiger partial charge in [0.1, 0.15) is 17.9 Å². The number of fused-ring (bicyclic) bond motifs is 1. The first-order valence-corrected chi connectivity index (χ1v) is 10.2. The quantitative estimate of drug-likeness (QED) is 0.554. The van der Waals surface area contributed by atoms with E-state index in [1.54, 1.807) is 37.3 Å². The second-order valence-electron chi connectivity index (χ2n) is 8.08. The van der Waals surface area contributed by atoms with Gasteiger partial charge in [-0.15, -0.1) is 0 Å². The fourth-order valence-corrected chi connectivity index (χ4v) is 4.66. The minimum atomic E-state index is -4.43. The second kappa shape index (κ2) is 7.50. The molecule has 0 amide bonds. The van der Waals surface area contributed by atoms with Gasteiger partial charge in [-0.3, -0.25) is 0 Å². The number of nitrogens with zero attached hydrogens (tertiary/aromatic N) is 3. The third kappa shape index (κ3) is 3.19. The van der Waals surface area contributed by atoms with Crippen molar-refractivity contribution in [2.45, 2.75) is 57.8 Å². The molecule has 0 N–H and O–H groups in total. The lowest BCUT2D eigenvalue weighted by atomic mass is 10.0. The van der Waals surface area contributed by atoms with E-state index in [1.165, 1.54) is 4.90 Å². The highest BCUT2D eigenvalue weighted by molar-refractivity contribution is 5.94. The molecule has 0 bridgehead atoms. The average molecular weight is 417 g/mol. The Labute approximate surface area is 172 Å². The molecular formula is C23H23F4N3. The maximum absolute atomic E-state index is 15.1. The van der Waals surface area contributed by atoms with E-state index < -0.39 is 18.0 Å². The Kier molecular flexibility index (Phi) is 5.13. The summed E-state index contributed by atoms with van der Waals surface area (Å²) >= 11 is 0. The van der Waals surface area contributed by atoms with E-state index in [4.69, 9.17) is 0 Å².